The average molecular weight is 227 g/mol. The largest absolute Gasteiger partial charge is 0.479 e. The highest BCUT2D eigenvalue weighted by Gasteiger charge is 2.32. The maximum Gasteiger partial charge on any atom is 0.332 e. The molecule has 3 atom stereocenters. The highest BCUT2D eigenvalue weighted by molar-refractivity contribution is 5.72. The van der Waals surface area contributed by atoms with Gasteiger partial charge in [0.25, 0.3) is 0 Å². The van der Waals surface area contributed by atoms with E-state index in [-0.39, 0.29) is 6.10 Å². The first-order valence-electron chi connectivity index (χ1n) is 6.29. The number of nitrogens with zero attached hydrogens (tertiary/aromatic N) is 1. The van der Waals surface area contributed by atoms with Crippen molar-refractivity contribution < 1.29 is 14.6 Å². The molecule has 2 aliphatic rings. The highest BCUT2D eigenvalue weighted by Crippen LogP contribution is 2.24. The number of rotatable bonds is 4. The second kappa shape index (κ2) is 5.15. The van der Waals surface area contributed by atoms with Gasteiger partial charge in [0.2, 0.25) is 0 Å². The summed E-state index contributed by atoms with van der Waals surface area (Å²) in [5.41, 5.74) is 0. The quantitative estimate of drug-likeness (QED) is 0.787. The summed E-state index contributed by atoms with van der Waals surface area (Å²) in [5.74, 6) is 0.0204. The molecular weight excluding hydrogens is 206 g/mol. The van der Waals surface area contributed by atoms with E-state index in [1.54, 1.807) is 0 Å². The molecule has 1 N–H and O–H groups in total. The summed E-state index contributed by atoms with van der Waals surface area (Å²) < 4.78 is 5.51. The minimum absolute atomic E-state index is 0.136. The molecule has 0 aromatic rings. The normalized spacial score (nSPS) is 35.7. The van der Waals surface area contributed by atoms with Crippen LogP contribution in [0, 0.1) is 5.92 Å². The maximum atomic E-state index is 10.7. The van der Waals surface area contributed by atoms with Gasteiger partial charge in [-0.2, -0.15) is 0 Å². The lowest BCUT2D eigenvalue weighted by atomic mass is 10.1. The Morgan fingerprint density at radius 1 is 1.44 bits per heavy atom. The fraction of sp³-hybridized carbons (Fsp3) is 0.917. The Morgan fingerprint density at radius 2 is 2.25 bits per heavy atom. The first-order chi connectivity index (χ1) is 7.69. The Morgan fingerprint density at radius 3 is 2.81 bits per heavy atom. The van der Waals surface area contributed by atoms with Crippen molar-refractivity contribution in [3.05, 3.63) is 0 Å². The summed E-state index contributed by atoms with van der Waals surface area (Å²) in [6.07, 6.45) is 3.67. The van der Waals surface area contributed by atoms with Gasteiger partial charge in [-0.25, -0.2) is 4.79 Å². The number of likely N-dealkylation sites (tertiary alicyclic amines) is 1. The fourth-order valence-electron chi connectivity index (χ4n) is 2.72. The van der Waals surface area contributed by atoms with E-state index in [4.69, 9.17) is 9.84 Å². The van der Waals surface area contributed by atoms with E-state index < -0.39 is 12.1 Å². The Hall–Kier alpha value is -0.610. The minimum Gasteiger partial charge on any atom is -0.479 e. The molecule has 92 valence electrons. The van der Waals surface area contributed by atoms with Crippen LogP contribution in [0.4, 0.5) is 0 Å². The highest BCUT2D eigenvalue weighted by atomic mass is 16.5. The second-order valence-corrected chi connectivity index (χ2v) is 4.98. The predicted molar refractivity (Wildman–Crippen MR) is 60.4 cm³/mol. The van der Waals surface area contributed by atoms with E-state index in [1.807, 2.05) is 0 Å². The third-order valence-electron chi connectivity index (χ3n) is 3.79. The van der Waals surface area contributed by atoms with Crippen LogP contribution in [0.25, 0.3) is 0 Å². The number of hydrogen-bond donors (Lipinski definition) is 1. The van der Waals surface area contributed by atoms with Crippen LogP contribution in [0.15, 0.2) is 0 Å². The molecule has 0 aromatic heterocycles. The van der Waals surface area contributed by atoms with Gasteiger partial charge in [-0.1, -0.05) is 13.3 Å². The summed E-state index contributed by atoms with van der Waals surface area (Å²) in [7, 11) is 0. The molecule has 2 rings (SSSR count). The topological polar surface area (TPSA) is 49.8 Å². The van der Waals surface area contributed by atoms with Gasteiger partial charge in [-0.05, 0) is 31.7 Å². The number of aliphatic carboxylic acids is 1. The molecule has 0 radical (unpaired) electrons. The molecule has 4 nitrogen and oxygen atoms in total. The van der Waals surface area contributed by atoms with E-state index in [0.29, 0.717) is 6.42 Å². The van der Waals surface area contributed by atoms with E-state index in [2.05, 4.69) is 11.8 Å². The zero-order chi connectivity index (χ0) is 11.5. The van der Waals surface area contributed by atoms with E-state index in [1.165, 1.54) is 12.8 Å². The van der Waals surface area contributed by atoms with E-state index in [9.17, 15) is 4.79 Å². The zero-order valence-corrected chi connectivity index (χ0v) is 9.89. The van der Waals surface area contributed by atoms with Crippen molar-refractivity contribution in [2.75, 3.05) is 19.6 Å². The first kappa shape index (κ1) is 11.9. The number of carboxylic acids is 1. The van der Waals surface area contributed by atoms with Gasteiger partial charge in [0, 0.05) is 13.1 Å². The third-order valence-corrected chi connectivity index (χ3v) is 3.79. The van der Waals surface area contributed by atoms with Crippen LogP contribution in [0.3, 0.4) is 0 Å². The van der Waals surface area contributed by atoms with Crippen molar-refractivity contribution in [2.45, 2.75) is 44.8 Å². The molecule has 4 heteroatoms. The monoisotopic (exact) mass is 227 g/mol. The predicted octanol–water partition coefficient (Wildman–Crippen LogP) is 1.35. The van der Waals surface area contributed by atoms with Crippen LogP contribution >= 0.6 is 0 Å². The van der Waals surface area contributed by atoms with Crippen molar-refractivity contribution in [3.63, 3.8) is 0 Å². The summed E-state index contributed by atoms with van der Waals surface area (Å²) >= 11 is 0. The van der Waals surface area contributed by atoms with E-state index >= 15 is 0 Å². The minimum atomic E-state index is -0.810. The van der Waals surface area contributed by atoms with Crippen molar-refractivity contribution in [3.8, 4) is 0 Å². The van der Waals surface area contributed by atoms with Gasteiger partial charge in [0.1, 0.15) is 0 Å². The number of carbonyl (C=O) groups is 1. The lowest BCUT2D eigenvalue weighted by Crippen LogP contribution is -2.32. The summed E-state index contributed by atoms with van der Waals surface area (Å²) in [6.45, 7) is 5.46. The Bertz CT molecular complexity index is 257. The van der Waals surface area contributed by atoms with E-state index in [0.717, 1.165) is 32.0 Å². The smallest absolute Gasteiger partial charge is 0.332 e. The van der Waals surface area contributed by atoms with Gasteiger partial charge in [0.05, 0.1) is 6.10 Å². The standard InChI is InChI=1S/C12H21NO3/c1-2-9-5-6-13(7-9)8-10-3-4-11(16-10)12(14)15/h9-11H,2-8H2,1H3,(H,14,15). The van der Waals surface area contributed by atoms with Crippen molar-refractivity contribution in [1.29, 1.82) is 0 Å². The van der Waals surface area contributed by atoms with Gasteiger partial charge in [-0.3, -0.25) is 0 Å². The van der Waals surface area contributed by atoms with Crippen molar-refractivity contribution in [2.24, 2.45) is 5.92 Å². The summed E-state index contributed by atoms with van der Waals surface area (Å²) in [5, 5.41) is 8.83. The van der Waals surface area contributed by atoms with Crippen molar-refractivity contribution in [1.82, 2.24) is 4.90 Å². The molecule has 16 heavy (non-hydrogen) atoms. The molecule has 0 saturated carbocycles. The van der Waals surface area contributed by atoms with Gasteiger partial charge in [-0.15, -0.1) is 0 Å². The van der Waals surface area contributed by atoms with Crippen LogP contribution < -0.4 is 0 Å². The molecule has 2 saturated heterocycles. The zero-order valence-electron chi connectivity index (χ0n) is 9.89. The van der Waals surface area contributed by atoms with Crippen LogP contribution in [0.2, 0.25) is 0 Å². The Balaban J connectivity index is 1.73. The molecule has 0 bridgehead atoms. The molecule has 3 unspecified atom stereocenters. The number of ether oxygens (including phenoxy) is 1. The Labute approximate surface area is 96.6 Å². The maximum absolute atomic E-state index is 10.7. The molecule has 0 amide bonds. The van der Waals surface area contributed by atoms with Crippen LogP contribution in [0.5, 0.6) is 0 Å². The fourth-order valence-corrected chi connectivity index (χ4v) is 2.72. The lowest BCUT2D eigenvalue weighted by Gasteiger charge is -2.20. The molecule has 2 aliphatic heterocycles. The number of carboxylic acid groups (broad SMARTS) is 1. The summed E-state index contributed by atoms with van der Waals surface area (Å²) in [4.78, 5) is 13.2. The molecule has 0 aromatic carbocycles. The molecule has 0 spiro atoms. The third kappa shape index (κ3) is 2.74. The lowest BCUT2D eigenvalue weighted by molar-refractivity contribution is -0.149. The molecule has 0 aliphatic carbocycles. The molecule has 2 fully saturated rings. The Kier molecular flexibility index (Phi) is 3.82. The molecule has 2 heterocycles. The van der Waals surface area contributed by atoms with Crippen LogP contribution in [-0.4, -0.2) is 47.8 Å². The molecular formula is C12H21NO3. The van der Waals surface area contributed by atoms with Gasteiger partial charge < -0.3 is 14.7 Å². The van der Waals surface area contributed by atoms with Crippen LogP contribution in [-0.2, 0) is 9.53 Å². The van der Waals surface area contributed by atoms with Gasteiger partial charge >= 0.3 is 5.97 Å². The second-order valence-electron chi connectivity index (χ2n) is 4.98. The average Bonchev–Trinajstić information content (AvgIpc) is 2.87. The van der Waals surface area contributed by atoms with Gasteiger partial charge in [0.15, 0.2) is 6.10 Å². The van der Waals surface area contributed by atoms with Crippen molar-refractivity contribution >= 4 is 5.97 Å². The number of hydrogen-bond acceptors (Lipinski definition) is 3. The first-order valence-corrected chi connectivity index (χ1v) is 6.29. The van der Waals surface area contributed by atoms with Crippen LogP contribution in [0.1, 0.15) is 32.6 Å². The SMILES string of the molecule is CCC1CCN(CC2CCC(C(=O)O)O2)C1. The summed E-state index contributed by atoms with van der Waals surface area (Å²) in [6, 6.07) is 0.